The Labute approximate surface area is 128 Å². The zero-order chi connectivity index (χ0) is 16.3. The molecule has 0 bridgehead atoms. The Hall–Kier alpha value is -2.26. The fourth-order valence-electron chi connectivity index (χ4n) is 1.58. The van der Waals surface area contributed by atoms with Crippen molar-refractivity contribution in [2.45, 2.75) is 18.2 Å². The molecule has 0 aliphatic carbocycles. The minimum absolute atomic E-state index is 0.00633. The lowest BCUT2D eigenvalue weighted by Gasteiger charge is -2.11. The van der Waals surface area contributed by atoms with E-state index in [0.29, 0.717) is 12.0 Å². The van der Waals surface area contributed by atoms with E-state index in [1.54, 1.807) is 19.1 Å². The lowest BCUT2D eigenvalue weighted by Crippen LogP contribution is -2.22. The van der Waals surface area contributed by atoms with Crippen molar-refractivity contribution in [2.75, 3.05) is 19.4 Å². The second kappa shape index (κ2) is 6.24. The predicted octanol–water partition coefficient (Wildman–Crippen LogP) is 1.34. The van der Waals surface area contributed by atoms with E-state index in [1.165, 1.54) is 26.2 Å². The number of hydrogen-bond donors (Lipinski definition) is 1. The smallest absolute Gasteiger partial charge is 0.322 e. The summed E-state index contributed by atoms with van der Waals surface area (Å²) >= 11 is 0. The summed E-state index contributed by atoms with van der Waals surface area (Å²) in [5.74, 6) is -0.0390. The number of amides is 1. The van der Waals surface area contributed by atoms with Crippen molar-refractivity contribution in [3.8, 4) is 11.5 Å². The Balaban J connectivity index is 2.23. The van der Waals surface area contributed by atoms with Gasteiger partial charge < -0.3 is 4.42 Å². The van der Waals surface area contributed by atoms with Crippen molar-refractivity contribution in [3.63, 3.8) is 0 Å². The van der Waals surface area contributed by atoms with Gasteiger partial charge in [-0.05, 0) is 24.3 Å². The Morgan fingerprint density at radius 1 is 1.23 bits per heavy atom. The molecular weight excluding hydrogens is 308 g/mol. The maximum Gasteiger partial charge on any atom is 0.322 e. The number of carbonyl (C=O) groups excluding carboxylic acids is 1. The fourth-order valence-corrected chi connectivity index (χ4v) is 2.48. The predicted molar refractivity (Wildman–Crippen MR) is 79.5 cm³/mol. The van der Waals surface area contributed by atoms with E-state index >= 15 is 0 Å². The van der Waals surface area contributed by atoms with Crippen molar-refractivity contribution in [1.82, 2.24) is 14.5 Å². The molecule has 118 valence electrons. The molecular formula is C13H16N4O4S. The Morgan fingerprint density at radius 3 is 2.41 bits per heavy atom. The molecule has 0 aliphatic rings. The summed E-state index contributed by atoms with van der Waals surface area (Å²) in [6.07, 6.45) is 0.300. The molecule has 2 rings (SSSR count). The van der Waals surface area contributed by atoms with Gasteiger partial charge in [0.15, 0.2) is 0 Å². The lowest BCUT2D eigenvalue weighted by molar-refractivity contribution is -0.116. The van der Waals surface area contributed by atoms with Gasteiger partial charge in [0.2, 0.25) is 21.8 Å². The molecule has 0 spiro atoms. The molecule has 0 radical (unpaired) electrons. The van der Waals surface area contributed by atoms with Crippen molar-refractivity contribution in [2.24, 2.45) is 0 Å². The highest BCUT2D eigenvalue weighted by Gasteiger charge is 2.17. The third kappa shape index (κ3) is 3.31. The molecule has 0 saturated carbocycles. The average molecular weight is 324 g/mol. The van der Waals surface area contributed by atoms with E-state index < -0.39 is 10.0 Å². The summed E-state index contributed by atoms with van der Waals surface area (Å²) in [5.41, 5.74) is 0.558. The molecule has 0 fully saturated rings. The van der Waals surface area contributed by atoms with Crippen LogP contribution in [0.15, 0.2) is 33.6 Å². The molecule has 1 amide bonds. The first-order chi connectivity index (χ1) is 10.3. The molecule has 9 heteroatoms. The van der Waals surface area contributed by atoms with Crippen LogP contribution in [0.5, 0.6) is 0 Å². The zero-order valence-electron chi connectivity index (χ0n) is 12.4. The molecule has 1 heterocycles. The van der Waals surface area contributed by atoms with Gasteiger partial charge in [-0.3, -0.25) is 10.1 Å². The van der Waals surface area contributed by atoms with Crippen LogP contribution in [0.4, 0.5) is 6.01 Å². The van der Waals surface area contributed by atoms with Gasteiger partial charge in [-0.15, -0.1) is 5.10 Å². The normalized spacial score (nSPS) is 11.6. The van der Waals surface area contributed by atoms with Gasteiger partial charge in [-0.2, -0.15) is 0 Å². The van der Waals surface area contributed by atoms with Gasteiger partial charge in [0.1, 0.15) is 0 Å². The van der Waals surface area contributed by atoms with E-state index in [0.717, 1.165) is 4.31 Å². The van der Waals surface area contributed by atoms with Crippen molar-refractivity contribution in [3.05, 3.63) is 24.3 Å². The highest BCUT2D eigenvalue weighted by molar-refractivity contribution is 7.89. The largest absolute Gasteiger partial charge is 0.403 e. The lowest BCUT2D eigenvalue weighted by atomic mass is 10.2. The summed E-state index contributed by atoms with van der Waals surface area (Å²) in [4.78, 5) is 11.4. The van der Waals surface area contributed by atoms with Crippen LogP contribution in [0.1, 0.15) is 13.3 Å². The third-order valence-electron chi connectivity index (χ3n) is 2.87. The number of nitrogens with zero attached hydrogens (tertiary/aromatic N) is 3. The van der Waals surface area contributed by atoms with Crippen LogP contribution in [0, 0.1) is 0 Å². The van der Waals surface area contributed by atoms with Gasteiger partial charge in [0.25, 0.3) is 0 Å². The summed E-state index contributed by atoms with van der Waals surface area (Å²) in [6, 6.07) is 6.05. The molecule has 2 aromatic rings. The van der Waals surface area contributed by atoms with Crippen molar-refractivity contribution >= 4 is 21.9 Å². The van der Waals surface area contributed by atoms with Crippen LogP contribution >= 0.6 is 0 Å². The number of anilines is 1. The zero-order valence-corrected chi connectivity index (χ0v) is 13.2. The summed E-state index contributed by atoms with van der Waals surface area (Å²) in [7, 11) is -0.556. The number of aromatic nitrogens is 2. The van der Waals surface area contributed by atoms with E-state index in [-0.39, 0.29) is 22.7 Å². The van der Waals surface area contributed by atoms with Crippen LogP contribution in [0.3, 0.4) is 0 Å². The second-order valence-corrected chi connectivity index (χ2v) is 6.78. The van der Waals surface area contributed by atoms with Gasteiger partial charge in [0, 0.05) is 26.1 Å². The van der Waals surface area contributed by atoms with Crippen LogP contribution < -0.4 is 5.32 Å². The summed E-state index contributed by atoms with van der Waals surface area (Å²) in [6.45, 7) is 1.70. The number of benzene rings is 1. The van der Waals surface area contributed by atoms with E-state index in [1.807, 2.05) is 0 Å². The molecule has 1 N–H and O–H groups in total. The van der Waals surface area contributed by atoms with E-state index in [4.69, 9.17) is 4.42 Å². The quantitative estimate of drug-likeness (QED) is 0.889. The Morgan fingerprint density at radius 2 is 1.86 bits per heavy atom. The SMILES string of the molecule is CCC(=O)Nc1nnc(-c2ccc(S(=O)(=O)N(C)C)cc2)o1. The molecule has 22 heavy (non-hydrogen) atoms. The fraction of sp³-hybridized carbons (Fsp3) is 0.308. The number of carbonyl (C=O) groups is 1. The van der Waals surface area contributed by atoms with Crippen molar-refractivity contribution < 1.29 is 17.6 Å². The average Bonchev–Trinajstić information content (AvgIpc) is 2.95. The summed E-state index contributed by atoms with van der Waals surface area (Å²) in [5, 5.41) is 9.96. The first-order valence-corrected chi connectivity index (χ1v) is 7.95. The Bertz CT molecular complexity index is 766. The number of sulfonamides is 1. The van der Waals surface area contributed by atoms with Gasteiger partial charge >= 0.3 is 6.01 Å². The highest BCUT2D eigenvalue weighted by atomic mass is 32.2. The van der Waals surface area contributed by atoms with E-state index in [2.05, 4.69) is 15.5 Å². The molecule has 8 nitrogen and oxygen atoms in total. The van der Waals surface area contributed by atoms with Gasteiger partial charge in [-0.25, -0.2) is 12.7 Å². The monoisotopic (exact) mass is 324 g/mol. The number of rotatable bonds is 5. The molecule has 0 atom stereocenters. The van der Waals surface area contributed by atoms with Gasteiger partial charge in [0.05, 0.1) is 4.90 Å². The molecule has 0 aliphatic heterocycles. The maximum atomic E-state index is 12.0. The van der Waals surface area contributed by atoms with Crippen LogP contribution in [0.25, 0.3) is 11.5 Å². The first-order valence-electron chi connectivity index (χ1n) is 6.51. The topological polar surface area (TPSA) is 105 Å². The number of nitrogens with one attached hydrogen (secondary N) is 1. The van der Waals surface area contributed by atoms with E-state index in [9.17, 15) is 13.2 Å². The standard InChI is InChI=1S/C13H16N4O4S/c1-4-11(18)14-13-16-15-12(21-13)9-5-7-10(8-6-9)22(19,20)17(2)3/h5-8H,4H2,1-3H3,(H,14,16,18). The van der Waals surface area contributed by atoms with Crippen LogP contribution in [-0.2, 0) is 14.8 Å². The number of hydrogen-bond acceptors (Lipinski definition) is 6. The minimum Gasteiger partial charge on any atom is -0.403 e. The first kappa shape index (κ1) is 16.1. The molecule has 1 aromatic heterocycles. The second-order valence-electron chi connectivity index (χ2n) is 4.63. The minimum atomic E-state index is -3.48. The van der Waals surface area contributed by atoms with Crippen LogP contribution in [0.2, 0.25) is 0 Å². The molecule has 0 saturated heterocycles. The third-order valence-corrected chi connectivity index (χ3v) is 4.70. The molecule has 1 aromatic carbocycles. The Kier molecular flexibility index (Phi) is 4.57. The van der Waals surface area contributed by atoms with Gasteiger partial charge in [-0.1, -0.05) is 12.0 Å². The molecule has 0 unspecified atom stereocenters. The van der Waals surface area contributed by atoms with Crippen LogP contribution in [-0.4, -0.2) is 42.9 Å². The van der Waals surface area contributed by atoms with Crippen molar-refractivity contribution in [1.29, 1.82) is 0 Å². The maximum absolute atomic E-state index is 12.0. The summed E-state index contributed by atoms with van der Waals surface area (Å²) < 4.78 is 30.4. The highest BCUT2D eigenvalue weighted by Crippen LogP contribution is 2.22.